The van der Waals surface area contributed by atoms with E-state index in [1.807, 2.05) is 13.0 Å². The summed E-state index contributed by atoms with van der Waals surface area (Å²) < 4.78 is 21.6. The first-order valence-corrected chi connectivity index (χ1v) is 12.7. The fourth-order valence-electron chi connectivity index (χ4n) is 4.00. The van der Waals surface area contributed by atoms with Crippen molar-refractivity contribution in [2.24, 2.45) is 0 Å². The second-order valence-corrected chi connectivity index (χ2v) is 9.44. The Hall–Kier alpha value is -3.79. The van der Waals surface area contributed by atoms with Crippen LogP contribution >= 0.6 is 15.9 Å². The number of nitrogens with one attached hydrogen (secondary N) is 3. The van der Waals surface area contributed by atoms with Crippen molar-refractivity contribution in [2.45, 2.75) is 38.6 Å². The summed E-state index contributed by atoms with van der Waals surface area (Å²) in [7, 11) is 0. The molecule has 1 aliphatic rings. The van der Waals surface area contributed by atoms with Crippen LogP contribution in [-0.2, 0) is 0 Å². The molecule has 2 unspecified atom stereocenters. The summed E-state index contributed by atoms with van der Waals surface area (Å²) in [5.74, 6) is -1.81. The van der Waals surface area contributed by atoms with Gasteiger partial charge in [0, 0.05) is 46.8 Å². The molecule has 1 fully saturated rings. The first kappa shape index (κ1) is 26.3. The number of carbonyl (C=O) groups is 3. The van der Waals surface area contributed by atoms with Crippen LogP contribution in [0.3, 0.4) is 0 Å². The van der Waals surface area contributed by atoms with Crippen molar-refractivity contribution in [3.05, 3.63) is 81.7 Å². The van der Waals surface area contributed by atoms with Crippen molar-refractivity contribution in [3.63, 3.8) is 0 Å². The number of pyridine rings is 1. The number of nitrogens with zero attached hydrogens (tertiary/aromatic N) is 1. The number of aromatic nitrogens is 1. The van der Waals surface area contributed by atoms with E-state index >= 15 is 4.39 Å². The minimum Gasteiger partial charge on any atom is -0.422 e. The number of rotatable bonds is 9. The molecule has 1 saturated carbocycles. The van der Waals surface area contributed by atoms with Crippen molar-refractivity contribution in [1.82, 2.24) is 10.3 Å². The minimum absolute atomic E-state index is 0.0996. The molecule has 10 heteroatoms. The molecule has 8 nitrogen and oxygen atoms in total. The van der Waals surface area contributed by atoms with Crippen LogP contribution in [0.15, 0.2) is 59.2 Å². The number of urea groups is 1. The molecule has 0 saturated heterocycles. The van der Waals surface area contributed by atoms with E-state index in [1.165, 1.54) is 12.1 Å². The lowest BCUT2D eigenvalue weighted by molar-refractivity contribution is 0.0730. The second kappa shape index (κ2) is 11.5. The Balaban J connectivity index is 1.57. The van der Waals surface area contributed by atoms with Crippen LogP contribution in [0, 0.1) is 5.82 Å². The number of anilines is 2. The van der Waals surface area contributed by atoms with Gasteiger partial charge in [-0.3, -0.25) is 10.1 Å². The normalized spacial score (nSPS) is 16.0. The number of ketones is 1. The maximum absolute atomic E-state index is 15.1. The van der Waals surface area contributed by atoms with Crippen LogP contribution in [0.25, 0.3) is 0 Å². The zero-order chi connectivity index (χ0) is 26.5. The van der Waals surface area contributed by atoms with Gasteiger partial charge in [-0.25, -0.2) is 19.0 Å². The Morgan fingerprint density at radius 3 is 2.65 bits per heavy atom. The summed E-state index contributed by atoms with van der Waals surface area (Å²) in [6.45, 7) is 4.28. The van der Waals surface area contributed by atoms with E-state index in [9.17, 15) is 14.4 Å². The summed E-state index contributed by atoms with van der Waals surface area (Å²) in [5.41, 5.74) is 1.22. The van der Waals surface area contributed by atoms with Crippen LogP contribution in [0.2, 0.25) is 0 Å². The van der Waals surface area contributed by atoms with E-state index in [1.54, 1.807) is 43.5 Å². The first-order valence-electron chi connectivity index (χ1n) is 11.9. The van der Waals surface area contributed by atoms with Gasteiger partial charge in [-0.1, -0.05) is 13.0 Å². The summed E-state index contributed by atoms with van der Waals surface area (Å²) in [6, 6.07) is 11.7. The predicted octanol–water partition coefficient (Wildman–Crippen LogP) is 5.90. The SMILES string of the molecule is CCNc1cccc(C(=O)Oc2c(C(=O)CC)ccc(F)c2C2CC2NC(=O)Nc2ccc(Br)cn2)c1. The molecule has 4 rings (SSSR count). The van der Waals surface area contributed by atoms with Gasteiger partial charge in [-0.05, 0) is 71.7 Å². The summed E-state index contributed by atoms with van der Waals surface area (Å²) in [4.78, 5) is 42.3. The molecule has 192 valence electrons. The van der Waals surface area contributed by atoms with Crippen molar-refractivity contribution in [2.75, 3.05) is 17.2 Å². The van der Waals surface area contributed by atoms with Crippen LogP contribution in [-0.4, -0.2) is 35.4 Å². The molecular weight excluding hydrogens is 543 g/mol. The Labute approximate surface area is 222 Å². The third kappa shape index (κ3) is 6.32. The average Bonchev–Trinajstić information content (AvgIpc) is 3.63. The number of esters is 1. The van der Waals surface area contributed by atoms with Crippen molar-refractivity contribution in [3.8, 4) is 5.75 Å². The first-order chi connectivity index (χ1) is 17.8. The van der Waals surface area contributed by atoms with Gasteiger partial charge < -0.3 is 15.4 Å². The zero-order valence-corrected chi connectivity index (χ0v) is 21.9. The van der Waals surface area contributed by atoms with E-state index in [4.69, 9.17) is 4.74 Å². The zero-order valence-electron chi connectivity index (χ0n) is 20.3. The molecule has 1 aliphatic carbocycles. The van der Waals surface area contributed by atoms with Crippen molar-refractivity contribution < 1.29 is 23.5 Å². The van der Waals surface area contributed by atoms with E-state index in [0.29, 0.717) is 18.8 Å². The summed E-state index contributed by atoms with van der Waals surface area (Å²) in [6.07, 6.45) is 2.12. The van der Waals surface area contributed by atoms with Gasteiger partial charge in [-0.2, -0.15) is 0 Å². The quantitative estimate of drug-likeness (QED) is 0.168. The topological polar surface area (TPSA) is 109 Å². The molecule has 37 heavy (non-hydrogen) atoms. The molecule has 0 aliphatic heterocycles. The highest BCUT2D eigenvalue weighted by Crippen LogP contribution is 2.47. The third-order valence-corrected chi connectivity index (χ3v) is 6.35. The molecule has 2 aromatic carbocycles. The highest BCUT2D eigenvalue weighted by Gasteiger charge is 2.44. The predicted molar refractivity (Wildman–Crippen MR) is 142 cm³/mol. The average molecular weight is 569 g/mol. The van der Waals surface area contributed by atoms with Crippen molar-refractivity contribution >= 4 is 45.2 Å². The van der Waals surface area contributed by atoms with E-state index in [-0.39, 0.29) is 34.6 Å². The Bertz CT molecular complexity index is 1330. The standard InChI is InChI=1S/C27H26BrFN4O4/c1-3-22(34)18-9-10-20(29)24(25(18)37-26(35)15-6-5-7-17(12-15)30-4-2)19-13-21(19)32-27(36)33-23-11-8-16(28)14-31-23/h5-12,14,19,21,30H,3-4,13H2,1-2H3,(H2,31,32,33,36). The van der Waals surface area contributed by atoms with Gasteiger partial charge in [0.1, 0.15) is 17.4 Å². The number of halogens is 2. The molecule has 1 aromatic heterocycles. The number of Topliss-reactive ketones (excluding diaryl/α,β-unsaturated/α-hetero) is 1. The molecule has 0 bridgehead atoms. The van der Waals surface area contributed by atoms with Gasteiger partial charge in [0.25, 0.3) is 0 Å². The van der Waals surface area contributed by atoms with Gasteiger partial charge >= 0.3 is 12.0 Å². The second-order valence-electron chi connectivity index (χ2n) is 8.52. The van der Waals surface area contributed by atoms with Crippen molar-refractivity contribution in [1.29, 1.82) is 0 Å². The van der Waals surface area contributed by atoms with E-state index < -0.39 is 29.8 Å². The number of ether oxygens (including phenoxy) is 1. The van der Waals surface area contributed by atoms with Gasteiger partial charge in [0.05, 0.1) is 11.1 Å². The smallest absolute Gasteiger partial charge is 0.343 e. The fourth-order valence-corrected chi connectivity index (χ4v) is 4.23. The summed E-state index contributed by atoms with van der Waals surface area (Å²) in [5, 5.41) is 8.54. The Kier molecular flexibility index (Phi) is 8.17. The highest BCUT2D eigenvalue weighted by molar-refractivity contribution is 9.10. The largest absolute Gasteiger partial charge is 0.422 e. The monoisotopic (exact) mass is 568 g/mol. The highest BCUT2D eigenvalue weighted by atomic mass is 79.9. The molecule has 3 aromatic rings. The number of hydrogen-bond acceptors (Lipinski definition) is 6. The molecule has 0 radical (unpaired) electrons. The van der Waals surface area contributed by atoms with Crippen LogP contribution in [0.1, 0.15) is 58.9 Å². The molecule has 2 atom stereocenters. The Morgan fingerprint density at radius 2 is 1.95 bits per heavy atom. The van der Waals surface area contributed by atoms with Gasteiger partial charge in [0.2, 0.25) is 0 Å². The van der Waals surface area contributed by atoms with Gasteiger partial charge in [-0.15, -0.1) is 0 Å². The van der Waals surface area contributed by atoms with Crippen LogP contribution in [0.4, 0.5) is 20.7 Å². The molecular formula is C27H26BrFN4O4. The molecule has 3 N–H and O–H groups in total. The maximum atomic E-state index is 15.1. The van der Waals surface area contributed by atoms with E-state index in [0.717, 1.165) is 10.2 Å². The third-order valence-electron chi connectivity index (χ3n) is 5.89. The molecule has 1 heterocycles. The number of hydrogen-bond donors (Lipinski definition) is 3. The summed E-state index contributed by atoms with van der Waals surface area (Å²) >= 11 is 3.28. The van der Waals surface area contributed by atoms with E-state index in [2.05, 4.69) is 36.9 Å². The number of carbonyl (C=O) groups excluding carboxylic acids is 3. The number of amides is 2. The van der Waals surface area contributed by atoms with Crippen LogP contribution < -0.4 is 20.7 Å². The molecule has 0 spiro atoms. The Morgan fingerprint density at radius 1 is 1.14 bits per heavy atom. The maximum Gasteiger partial charge on any atom is 0.343 e. The van der Waals surface area contributed by atoms with Crippen LogP contribution in [0.5, 0.6) is 5.75 Å². The fraction of sp³-hybridized carbons (Fsp3) is 0.259. The molecule has 2 amide bonds. The lowest BCUT2D eigenvalue weighted by Crippen LogP contribution is -2.31. The minimum atomic E-state index is -0.707. The lowest BCUT2D eigenvalue weighted by atomic mass is 9.99. The lowest BCUT2D eigenvalue weighted by Gasteiger charge is -2.16. The number of benzene rings is 2. The van der Waals surface area contributed by atoms with Gasteiger partial charge in [0.15, 0.2) is 5.78 Å².